The Morgan fingerprint density at radius 2 is 1.81 bits per heavy atom. The number of anilines is 1. The normalized spacial score (nSPS) is 10.3. The van der Waals surface area contributed by atoms with Gasteiger partial charge in [-0.1, -0.05) is 0 Å². The molecule has 110 valence electrons. The Labute approximate surface area is 122 Å². The van der Waals surface area contributed by atoms with Crippen LogP contribution in [0, 0.1) is 12.7 Å². The van der Waals surface area contributed by atoms with E-state index in [1.165, 1.54) is 17.0 Å². The minimum absolute atomic E-state index is 0.133. The van der Waals surface area contributed by atoms with Gasteiger partial charge in [0.25, 0.3) is 5.91 Å². The van der Waals surface area contributed by atoms with E-state index in [4.69, 9.17) is 10.5 Å². The van der Waals surface area contributed by atoms with E-state index in [9.17, 15) is 9.18 Å². The van der Waals surface area contributed by atoms with Gasteiger partial charge in [-0.2, -0.15) is 0 Å². The first-order valence-corrected chi connectivity index (χ1v) is 6.43. The minimum atomic E-state index is -0.320. The van der Waals surface area contributed by atoms with Crippen molar-refractivity contribution in [2.75, 3.05) is 19.8 Å². The van der Waals surface area contributed by atoms with Crippen LogP contribution in [-0.4, -0.2) is 24.9 Å². The standard InChI is InChI=1S/C16H17FN2O2/c1-10-8-12(17)5-7-14(10)21-15-6-4-11(9-13(15)18)16(20)19(2)3/h4-9H,18H2,1-3H3. The summed E-state index contributed by atoms with van der Waals surface area (Å²) in [5.74, 6) is 0.501. The Balaban J connectivity index is 2.27. The van der Waals surface area contributed by atoms with Gasteiger partial charge in [-0.3, -0.25) is 4.79 Å². The summed E-state index contributed by atoms with van der Waals surface area (Å²) in [6, 6.07) is 9.10. The molecular weight excluding hydrogens is 271 g/mol. The monoisotopic (exact) mass is 288 g/mol. The van der Waals surface area contributed by atoms with Gasteiger partial charge in [-0.05, 0) is 48.9 Å². The number of aryl methyl sites for hydroxylation is 1. The molecule has 0 spiro atoms. The Morgan fingerprint density at radius 3 is 2.38 bits per heavy atom. The maximum absolute atomic E-state index is 13.1. The molecule has 5 heteroatoms. The summed E-state index contributed by atoms with van der Waals surface area (Å²) >= 11 is 0. The molecule has 21 heavy (non-hydrogen) atoms. The summed E-state index contributed by atoms with van der Waals surface area (Å²) in [5.41, 5.74) is 7.43. The molecule has 0 saturated carbocycles. The number of rotatable bonds is 3. The number of hydrogen-bond donors (Lipinski definition) is 1. The molecule has 1 amide bonds. The summed E-state index contributed by atoms with van der Waals surface area (Å²) in [6.07, 6.45) is 0. The Hall–Kier alpha value is -2.56. The topological polar surface area (TPSA) is 55.6 Å². The molecule has 2 rings (SSSR count). The van der Waals surface area contributed by atoms with Crippen molar-refractivity contribution in [1.82, 2.24) is 4.90 Å². The second kappa shape index (κ2) is 5.83. The molecule has 0 unspecified atom stereocenters. The smallest absolute Gasteiger partial charge is 0.253 e. The fourth-order valence-electron chi connectivity index (χ4n) is 1.88. The van der Waals surface area contributed by atoms with Crippen molar-refractivity contribution in [2.45, 2.75) is 6.92 Å². The highest BCUT2D eigenvalue weighted by Gasteiger charge is 2.11. The van der Waals surface area contributed by atoms with Gasteiger partial charge in [0.1, 0.15) is 17.3 Å². The fraction of sp³-hybridized carbons (Fsp3) is 0.188. The van der Waals surface area contributed by atoms with Gasteiger partial charge in [0, 0.05) is 19.7 Å². The second-order valence-electron chi connectivity index (χ2n) is 4.96. The summed E-state index contributed by atoms with van der Waals surface area (Å²) < 4.78 is 18.7. The average Bonchev–Trinajstić information content (AvgIpc) is 2.42. The van der Waals surface area contributed by atoms with E-state index < -0.39 is 0 Å². The zero-order valence-electron chi connectivity index (χ0n) is 12.2. The zero-order valence-corrected chi connectivity index (χ0v) is 12.2. The number of amides is 1. The van der Waals surface area contributed by atoms with Crippen LogP contribution in [0.3, 0.4) is 0 Å². The predicted octanol–water partition coefficient (Wildman–Crippen LogP) is 3.21. The number of nitrogens with two attached hydrogens (primary N) is 1. The lowest BCUT2D eigenvalue weighted by Gasteiger charge is -2.14. The molecule has 2 aromatic carbocycles. The first-order valence-electron chi connectivity index (χ1n) is 6.43. The molecule has 0 aromatic heterocycles. The van der Waals surface area contributed by atoms with Gasteiger partial charge in [-0.25, -0.2) is 4.39 Å². The zero-order chi connectivity index (χ0) is 15.6. The van der Waals surface area contributed by atoms with Crippen molar-refractivity contribution >= 4 is 11.6 Å². The van der Waals surface area contributed by atoms with Gasteiger partial charge in [-0.15, -0.1) is 0 Å². The van der Waals surface area contributed by atoms with Gasteiger partial charge >= 0.3 is 0 Å². The van der Waals surface area contributed by atoms with Crippen molar-refractivity contribution in [3.63, 3.8) is 0 Å². The third-order valence-corrected chi connectivity index (χ3v) is 3.02. The molecule has 0 bridgehead atoms. The summed E-state index contributed by atoms with van der Waals surface area (Å²) in [6.45, 7) is 1.75. The largest absolute Gasteiger partial charge is 0.455 e. The lowest BCUT2D eigenvalue weighted by molar-refractivity contribution is 0.0827. The maximum Gasteiger partial charge on any atom is 0.253 e. The van der Waals surface area contributed by atoms with Gasteiger partial charge in [0.2, 0.25) is 0 Å². The van der Waals surface area contributed by atoms with Crippen LogP contribution in [0.2, 0.25) is 0 Å². The molecule has 0 atom stereocenters. The van der Waals surface area contributed by atoms with Crippen molar-refractivity contribution < 1.29 is 13.9 Å². The number of ether oxygens (including phenoxy) is 1. The van der Waals surface area contributed by atoms with Crippen LogP contribution in [-0.2, 0) is 0 Å². The van der Waals surface area contributed by atoms with E-state index in [2.05, 4.69) is 0 Å². The fourth-order valence-corrected chi connectivity index (χ4v) is 1.88. The number of carbonyl (C=O) groups excluding carboxylic acids is 1. The maximum atomic E-state index is 13.1. The van der Waals surface area contributed by atoms with Gasteiger partial charge in [0.15, 0.2) is 0 Å². The quantitative estimate of drug-likeness (QED) is 0.882. The lowest BCUT2D eigenvalue weighted by atomic mass is 10.1. The third kappa shape index (κ3) is 3.31. The highest BCUT2D eigenvalue weighted by molar-refractivity contribution is 5.95. The highest BCUT2D eigenvalue weighted by Crippen LogP contribution is 2.30. The Kier molecular flexibility index (Phi) is 4.12. The number of nitrogens with zero attached hydrogens (tertiary/aromatic N) is 1. The Morgan fingerprint density at radius 1 is 1.14 bits per heavy atom. The molecule has 0 heterocycles. The third-order valence-electron chi connectivity index (χ3n) is 3.02. The first-order chi connectivity index (χ1) is 9.88. The molecule has 2 aromatic rings. The number of carbonyl (C=O) groups is 1. The molecule has 0 radical (unpaired) electrons. The van der Waals surface area contributed by atoms with Crippen LogP contribution in [0.4, 0.5) is 10.1 Å². The van der Waals surface area contributed by atoms with E-state index in [0.29, 0.717) is 28.3 Å². The van der Waals surface area contributed by atoms with E-state index in [-0.39, 0.29) is 11.7 Å². The molecule has 2 N–H and O–H groups in total. The van der Waals surface area contributed by atoms with Crippen molar-refractivity contribution in [3.8, 4) is 11.5 Å². The summed E-state index contributed by atoms with van der Waals surface area (Å²) in [4.78, 5) is 13.3. The van der Waals surface area contributed by atoms with Crippen LogP contribution in [0.25, 0.3) is 0 Å². The highest BCUT2D eigenvalue weighted by atomic mass is 19.1. The molecule has 0 aliphatic rings. The van der Waals surface area contributed by atoms with Crippen LogP contribution < -0.4 is 10.5 Å². The van der Waals surface area contributed by atoms with E-state index >= 15 is 0 Å². The van der Waals surface area contributed by atoms with Crippen LogP contribution in [0.15, 0.2) is 36.4 Å². The van der Waals surface area contributed by atoms with Gasteiger partial charge in [0.05, 0.1) is 5.69 Å². The van der Waals surface area contributed by atoms with Crippen LogP contribution in [0.5, 0.6) is 11.5 Å². The SMILES string of the molecule is Cc1cc(F)ccc1Oc1ccc(C(=O)N(C)C)cc1N. The van der Waals surface area contributed by atoms with Crippen molar-refractivity contribution in [1.29, 1.82) is 0 Å². The number of benzene rings is 2. The average molecular weight is 288 g/mol. The first kappa shape index (κ1) is 14.8. The minimum Gasteiger partial charge on any atom is -0.455 e. The number of halogens is 1. The van der Waals surface area contributed by atoms with Crippen molar-refractivity contribution in [2.24, 2.45) is 0 Å². The molecule has 0 saturated heterocycles. The predicted molar refractivity (Wildman–Crippen MR) is 80.1 cm³/mol. The molecule has 0 fully saturated rings. The molecule has 0 aliphatic heterocycles. The van der Waals surface area contributed by atoms with E-state index in [1.54, 1.807) is 45.3 Å². The van der Waals surface area contributed by atoms with E-state index in [1.807, 2.05) is 0 Å². The summed E-state index contributed by atoms with van der Waals surface area (Å²) in [5, 5.41) is 0. The lowest BCUT2D eigenvalue weighted by Crippen LogP contribution is -2.21. The Bertz CT molecular complexity index is 684. The number of hydrogen-bond acceptors (Lipinski definition) is 3. The van der Waals surface area contributed by atoms with Crippen LogP contribution in [0.1, 0.15) is 15.9 Å². The van der Waals surface area contributed by atoms with Gasteiger partial charge < -0.3 is 15.4 Å². The summed E-state index contributed by atoms with van der Waals surface area (Å²) in [7, 11) is 3.34. The molecule has 4 nitrogen and oxygen atoms in total. The second-order valence-corrected chi connectivity index (χ2v) is 4.96. The number of nitrogen functional groups attached to an aromatic ring is 1. The molecule has 0 aliphatic carbocycles. The van der Waals surface area contributed by atoms with E-state index in [0.717, 1.165) is 0 Å². The van der Waals surface area contributed by atoms with Crippen LogP contribution >= 0.6 is 0 Å². The van der Waals surface area contributed by atoms with Crippen molar-refractivity contribution in [3.05, 3.63) is 53.3 Å². The molecular formula is C16H17FN2O2.